The minimum Gasteiger partial charge on any atom is -0.480 e. The summed E-state index contributed by atoms with van der Waals surface area (Å²) in [4.78, 5) is 22.4. The molecule has 1 saturated heterocycles. The van der Waals surface area contributed by atoms with E-state index in [1.165, 1.54) is 13.3 Å². The lowest BCUT2D eigenvalue weighted by Crippen LogP contribution is -2.59. The zero-order valence-corrected chi connectivity index (χ0v) is 22.2. The van der Waals surface area contributed by atoms with Crippen LogP contribution in [0.4, 0.5) is 0 Å². The molecular weight excluding hydrogens is 470 g/mol. The molecule has 6 N–H and O–H groups in total. The fourth-order valence-electron chi connectivity index (χ4n) is 4.33. The summed E-state index contributed by atoms with van der Waals surface area (Å²) < 4.78 is 11.4. The fourth-order valence-corrected chi connectivity index (χ4v) is 4.33. The van der Waals surface area contributed by atoms with E-state index in [4.69, 9.17) is 14.6 Å². The van der Waals surface area contributed by atoms with Gasteiger partial charge in [-0.2, -0.15) is 0 Å². The van der Waals surface area contributed by atoms with Crippen LogP contribution in [-0.4, -0.2) is 86.9 Å². The standard InChI is InChI=1S/C26H49NO9/c1-17(2)19(35-26-24(32)23(31)22(30)20(16-28)36-26)14-12-10-8-6-4-5-7-9-11-13-15-21(29)27-18(3)25(33)34/h17-20,22-24,26,28,30-32H,4-16H2,1-3H3,(H,27,29)(H,33,34)/t18-,19-,20+,22+,23-,24+,26+/m0/s1. The van der Waals surface area contributed by atoms with Crippen LogP contribution in [0.1, 0.15) is 97.8 Å². The van der Waals surface area contributed by atoms with Gasteiger partial charge in [0.05, 0.1) is 12.7 Å². The van der Waals surface area contributed by atoms with Gasteiger partial charge in [0, 0.05) is 6.42 Å². The van der Waals surface area contributed by atoms with Crippen molar-refractivity contribution in [2.75, 3.05) is 6.61 Å². The number of unbranched alkanes of at least 4 members (excludes halogenated alkanes) is 9. The highest BCUT2D eigenvalue weighted by Crippen LogP contribution is 2.26. The first kappa shape index (κ1) is 32.7. The van der Waals surface area contributed by atoms with Gasteiger partial charge in [-0.05, 0) is 25.7 Å². The van der Waals surface area contributed by atoms with E-state index in [0.29, 0.717) is 6.42 Å². The monoisotopic (exact) mass is 519 g/mol. The van der Waals surface area contributed by atoms with Crippen molar-refractivity contribution in [3.8, 4) is 0 Å². The average molecular weight is 520 g/mol. The average Bonchev–Trinajstić information content (AvgIpc) is 2.83. The molecule has 0 radical (unpaired) electrons. The van der Waals surface area contributed by atoms with E-state index in [0.717, 1.165) is 64.2 Å². The van der Waals surface area contributed by atoms with Gasteiger partial charge in [-0.25, -0.2) is 0 Å². The van der Waals surface area contributed by atoms with Crippen LogP contribution in [0, 0.1) is 5.92 Å². The summed E-state index contributed by atoms with van der Waals surface area (Å²) in [5, 5.41) is 50.7. The molecule has 36 heavy (non-hydrogen) atoms. The van der Waals surface area contributed by atoms with Crippen molar-refractivity contribution in [1.29, 1.82) is 0 Å². The molecule has 0 bridgehead atoms. The predicted molar refractivity (Wildman–Crippen MR) is 134 cm³/mol. The highest BCUT2D eigenvalue weighted by molar-refractivity contribution is 5.83. The molecule has 0 aliphatic carbocycles. The molecule has 1 rings (SSSR count). The second kappa shape index (κ2) is 18.0. The third kappa shape index (κ3) is 12.3. The maximum absolute atomic E-state index is 11.6. The minimum atomic E-state index is -1.43. The van der Waals surface area contributed by atoms with Gasteiger partial charge < -0.3 is 40.3 Å². The number of nitrogens with one attached hydrogen (secondary N) is 1. The van der Waals surface area contributed by atoms with E-state index in [2.05, 4.69) is 5.32 Å². The van der Waals surface area contributed by atoms with Gasteiger partial charge in [0.2, 0.25) is 5.91 Å². The van der Waals surface area contributed by atoms with Gasteiger partial charge in [0.25, 0.3) is 0 Å². The Bertz CT molecular complexity index is 616. The molecular formula is C26H49NO9. The molecule has 1 heterocycles. The van der Waals surface area contributed by atoms with Gasteiger partial charge >= 0.3 is 5.97 Å². The Morgan fingerprint density at radius 2 is 1.36 bits per heavy atom. The van der Waals surface area contributed by atoms with E-state index in [1.807, 2.05) is 13.8 Å². The van der Waals surface area contributed by atoms with E-state index >= 15 is 0 Å². The lowest BCUT2D eigenvalue weighted by Gasteiger charge is -2.41. The molecule has 212 valence electrons. The van der Waals surface area contributed by atoms with Crippen LogP contribution < -0.4 is 5.32 Å². The van der Waals surface area contributed by atoms with Gasteiger partial charge in [0.1, 0.15) is 30.5 Å². The zero-order valence-electron chi connectivity index (χ0n) is 22.2. The highest BCUT2D eigenvalue weighted by atomic mass is 16.7. The number of hydrogen-bond acceptors (Lipinski definition) is 8. The van der Waals surface area contributed by atoms with Crippen molar-refractivity contribution >= 4 is 11.9 Å². The van der Waals surface area contributed by atoms with Crippen molar-refractivity contribution in [2.24, 2.45) is 5.92 Å². The second-order valence-electron chi connectivity index (χ2n) is 10.3. The second-order valence-corrected chi connectivity index (χ2v) is 10.3. The normalized spacial score (nSPS) is 26.1. The highest BCUT2D eigenvalue weighted by Gasteiger charge is 2.44. The quantitative estimate of drug-likeness (QED) is 0.140. The Balaban J connectivity index is 2.10. The van der Waals surface area contributed by atoms with E-state index in [1.54, 1.807) is 0 Å². The van der Waals surface area contributed by atoms with Crippen molar-refractivity contribution in [3.63, 3.8) is 0 Å². The van der Waals surface area contributed by atoms with Gasteiger partial charge in [-0.3, -0.25) is 9.59 Å². The number of aliphatic hydroxyl groups excluding tert-OH is 4. The molecule has 0 unspecified atom stereocenters. The van der Waals surface area contributed by atoms with Crippen LogP contribution in [0.15, 0.2) is 0 Å². The Hall–Kier alpha value is -1.30. The van der Waals surface area contributed by atoms with Crippen LogP contribution in [0.25, 0.3) is 0 Å². The lowest BCUT2D eigenvalue weighted by molar-refractivity contribution is -0.314. The van der Waals surface area contributed by atoms with Gasteiger partial charge in [-0.1, -0.05) is 71.6 Å². The van der Waals surface area contributed by atoms with E-state index in [-0.39, 0.29) is 17.9 Å². The summed E-state index contributed by atoms with van der Waals surface area (Å²) in [6.45, 7) is 5.04. The minimum absolute atomic E-state index is 0.166. The summed E-state index contributed by atoms with van der Waals surface area (Å²) in [5.74, 6) is -1.04. The number of hydrogen-bond donors (Lipinski definition) is 6. The molecule has 10 heteroatoms. The first-order valence-corrected chi connectivity index (χ1v) is 13.6. The molecule has 1 amide bonds. The van der Waals surface area contributed by atoms with E-state index in [9.17, 15) is 30.0 Å². The molecule has 0 aromatic rings. The number of ether oxygens (including phenoxy) is 2. The third-order valence-corrected chi connectivity index (χ3v) is 6.79. The lowest BCUT2D eigenvalue weighted by atomic mass is 9.97. The Kier molecular flexibility index (Phi) is 16.4. The number of carbonyl (C=O) groups is 2. The van der Waals surface area contributed by atoms with Crippen molar-refractivity contribution in [2.45, 2.75) is 141 Å². The van der Waals surface area contributed by atoms with E-state index < -0.39 is 49.3 Å². The molecule has 7 atom stereocenters. The van der Waals surface area contributed by atoms with Gasteiger partial charge in [0.15, 0.2) is 6.29 Å². The summed E-state index contributed by atoms with van der Waals surface area (Å²) in [7, 11) is 0. The summed E-state index contributed by atoms with van der Waals surface area (Å²) in [6, 6.07) is -0.844. The first-order valence-electron chi connectivity index (χ1n) is 13.6. The maximum atomic E-state index is 11.6. The van der Waals surface area contributed by atoms with Crippen LogP contribution in [0.5, 0.6) is 0 Å². The van der Waals surface area contributed by atoms with Crippen LogP contribution in [0.3, 0.4) is 0 Å². The van der Waals surface area contributed by atoms with Crippen LogP contribution >= 0.6 is 0 Å². The summed E-state index contributed by atoms with van der Waals surface area (Å²) in [6.07, 6.45) is 5.40. The molecule has 0 aromatic heterocycles. The number of rotatable bonds is 19. The van der Waals surface area contributed by atoms with Crippen molar-refractivity contribution < 1.29 is 44.6 Å². The predicted octanol–water partition coefficient (Wildman–Crippen LogP) is 2.10. The largest absolute Gasteiger partial charge is 0.480 e. The maximum Gasteiger partial charge on any atom is 0.325 e. The number of carbonyl (C=O) groups excluding carboxylic acids is 1. The Labute approximate surface area is 215 Å². The van der Waals surface area contributed by atoms with Crippen LogP contribution in [-0.2, 0) is 19.1 Å². The number of carboxylic acid groups (broad SMARTS) is 1. The Morgan fingerprint density at radius 1 is 0.833 bits per heavy atom. The SMILES string of the molecule is CC(C)[C@H](CCCCCCCCCCCCC(=O)N[C@@H](C)C(=O)O)O[C@@H]1O[C@H](CO)[C@@H](O)[C@H](O)[C@H]1O. The summed E-state index contributed by atoms with van der Waals surface area (Å²) in [5.41, 5.74) is 0. The molecule has 10 nitrogen and oxygen atoms in total. The van der Waals surface area contributed by atoms with Gasteiger partial charge in [-0.15, -0.1) is 0 Å². The van der Waals surface area contributed by atoms with Crippen molar-refractivity contribution in [1.82, 2.24) is 5.32 Å². The topological polar surface area (TPSA) is 166 Å². The molecule has 1 aliphatic rings. The van der Waals surface area contributed by atoms with Crippen molar-refractivity contribution in [3.05, 3.63) is 0 Å². The number of aliphatic carboxylic acids is 1. The third-order valence-electron chi connectivity index (χ3n) is 6.79. The smallest absolute Gasteiger partial charge is 0.325 e. The number of amides is 1. The summed E-state index contributed by atoms with van der Waals surface area (Å²) >= 11 is 0. The molecule has 0 spiro atoms. The Morgan fingerprint density at radius 3 is 1.86 bits per heavy atom. The molecule has 1 fully saturated rings. The first-order chi connectivity index (χ1) is 17.1. The van der Waals surface area contributed by atoms with Crippen LogP contribution in [0.2, 0.25) is 0 Å². The molecule has 0 saturated carbocycles. The zero-order chi connectivity index (χ0) is 27.1. The number of carboxylic acids is 1. The fraction of sp³-hybridized carbons (Fsp3) is 0.923. The molecule has 0 aromatic carbocycles. The molecule has 1 aliphatic heterocycles. The number of aliphatic hydroxyl groups is 4.